The van der Waals surface area contributed by atoms with Crippen molar-refractivity contribution in [2.45, 2.75) is 25.7 Å². The summed E-state index contributed by atoms with van der Waals surface area (Å²) in [6, 6.07) is 0. The molecule has 0 spiro atoms. The fourth-order valence-electron chi connectivity index (χ4n) is 1.74. The molecule has 0 amide bonds. The van der Waals surface area contributed by atoms with E-state index in [1.807, 2.05) is 6.08 Å². The summed E-state index contributed by atoms with van der Waals surface area (Å²) in [5, 5.41) is 0. The highest BCUT2D eigenvalue weighted by atomic mass is 16.1. The lowest BCUT2D eigenvalue weighted by molar-refractivity contribution is -0.119. The van der Waals surface area contributed by atoms with Gasteiger partial charge in [0.1, 0.15) is 5.78 Å². The van der Waals surface area contributed by atoms with Crippen LogP contribution in [0.5, 0.6) is 0 Å². The lowest BCUT2D eigenvalue weighted by Crippen LogP contribution is -2.01. The van der Waals surface area contributed by atoms with Crippen LogP contribution in [0.1, 0.15) is 25.7 Å². The van der Waals surface area contributed by atoms with Crippen molar-refractivity contribution in [1.82, 2.24) is 0 Å². The largest absolute Gasteiger partial charge is 0.299 e. The van der Waals surface area contributed by atoms with Crippen molar-refractivity contribution in [2.24, 2.45) is 11.8 Å². The lowest BCUT2D eigenvalue weighted by atomic mass is 10.1. The average Bonchev–Trinajstić information content (AvgIpc) is 2.62. The Bertz CT molecular complexity index is 181. The van der Waals surface area contributed by atoms with E-state index in [1.165, 1.54) is 19.3 Å². The van der Waals surface area contributed by atoms with E-state index in [0.29, 0.717) is 18.1 Å². The monoisotopic (exact) mass is 136 g/mol. The maximum atomic E-state index is 11.2. The van der Waals surface area contributed by atoms with Crippen LogP contribution in [0.4, 0.5) is 0 Å². The molecule has 10 heavy (non-hydrogen) atoms. The third-order valence-electron chi connectivity index (χ3n) is 2.53. The van der Waals surface area contributed by atoms with E-state index in [1.54, 1.807) is 0 Å². The van der Waals surface area contributed by atoms with E-state index >= 15 is 0 Å². The molecular formula is C9H12O. The zero-order valence-corrected chi connectivity index (χ0v) is 6.05. The van der Waals surface area contributed by atoms with Crippen molar-refractivity contribution in [1.29, 1.82) is 0 Å². The van der Waals surface area contributed by atoms with Gasteiger partial charge in [0, 0.05) is 12.3 Å². The van der Waals surface area contributed by atoms with Crippen molar-refractivity contribution in [3.63, 3.8) is 0 Å². The summed E-state index contributed by atoms with van der Waals surface area (Å²) < 4.78 is 0. The van der Waals surface area contributed by atoms with E-state index in [4.69, 9.17) is 0 Å². The number of fused-ring (bicyclic) bond motifs is 1. The summed E-state index contributed by atoms with van der Waals surface area (Å²) in [4.78, 5) is 11.2. The normalized spacial score (nSPS) is 41.4. The molecule has 0 unspecified atom stereocenters. The van der Waals surface area contributed by atoms with Crippen LogP contribution in [-0.4, -0.2) is 5.78 Å². The fraction of sp³-hybridized carbons (Fsp3) is 0.667. The van der Waals surface area contributed by atoms with Crippen LogP contribution in [0.25, 0.3) is 0 Å². The van der Waals surface area contributed by atoms with E-state index in [2.05, 4.69) is 6.08 Å². The SMILES string of the molecule is O=C1C/C=C\CC[C@H]2C[C@@H]12. The Morgan fingerprint density at radius 2 is 2.30 bits per heavy atom. The molecule has 0 saturated heterocycles. The Labute approximate surface area is 61.1 Å². The number of rotatable bonds is 0. The topological polar surface area (TPSA) is 17.1 Å². The highest BCUT2D eigenvalue weighted by Gasteiger charge is 2.41. The van der Waals surface area contributed by atoms with E-state index in [0.717, 1.165) is 5.92 Å². The van der Waals surface area contributed by atoms with Crippen LogP contribution in [0.3, 0.4) is 0 Å². The molecule has 0 bridgehead atoms. The number of hydrogen-bond acceptors (Lipinski definition) is 1. The Kier molecular flexibility index (Phi) is 1.37. The first kappa shape index (κ1) is 6.14. The Morgan fingerprint density at radius 3 is 3.20 bits per heavy atom. The number of carbonyl (C=O) groups is 1. The van der Waals surface area contributed by atoms with Crippen molar-refractivity contribution >= 4 is 5.78 Å². The molecule has 1 nitrogen and oxygen atoms in total. The molecule has 1 saturated carbocycles. The smallest absolute Gasteiger partial charge is 0.140 e. The lowest BCUT2D eigenvalue weighted by Gasteiger charge is -1.99. The molecule has 1 heteroatoms. The van der Waals surface area contributed by atoms with Gasteiger partial charge in [-0.1, -0.05) is 12.2 Å². The Hall–Kier alpha value is -0.590. The quantitative estimate of drug-likeness (QED) is 0.465. The molecule has 0 aromatic heterocycles. The molecule has 0 N–H and O–H groups in total. The van der Waals surface area contributed by atoms with Gasteiger partial charge in [-0.25, -0.2) is 0 Å². The molecule has 0 aliphatic heterocycles. The van der Waals surface area contributed by atoms with Crippen LogP contribution in [0.15, 0.2) is 12.2 Å². The molecule has 1 fully saturated rings. The number of carbonyl (C=O) groups excluding carboxylic acids is 1. The van der Waals surface area contributed by atoms with Crippen LogP contribution < -0.4 is 0 Å². The third-order valence-corrected chi connectivity index (χ3v) is 2.53. The van der Waals surface area contributed by atoms with E-state index in [9.17, 15) is 4.79 Å². The summed E-state index contributed by atoms with van der Waals surface area (Å²) in [6.07, 6.45) is 8.48. The zero-order valence-electron chi connectivity index (χ0n) is 6.05. The fourth-order valence-corrected chi connectivity index (χ4v) is 1.74. The first-order valence-electron chi connectivity index (χ1n) is 4.05. The molecule has 0 radical (unpaired) electrons. The predicted molar refractivity (Wildman–Crippen MR) is 39.6 cm³/mol. The molecule has 2 rings (SSSR count). The summed E-state index contributed by atoms with van der Waals surface area (Å²) in [5.74, 6) is 1.70. The van der Waals surface area contributed by atoms with Gasteiger partial charge in [0.15, 0.2) is 0 Å². The van der Waals surface area contributed by atoms with Gasteiger partial charge in [0.25, 0.3) is 0 Å². The van der Waals surface area contributed by atoms with Crippen LogP contribution in [0, 0.1) is 11.8 Å². The van der Waals surface area contributed by atoms with Gasteiger partial charge < -0.3 is 0 Å². The average molecular weight is 136 g/mol. The first-order chi connectivity index (χ1) is 4.88. The number of ketones is 1. The van der Waals surface area contributed by atoms with Gasteiger partial charge >= 0.3 is 0 Å². The maximum Gasteiger partial charge on any atom is 0.140 e. The summed E-state index contributed by atoms with van der Waals surface area (Å²) in [5.41, 5.74) is 0. The second-order valence-corrected chi connectivity index (χ2v) is 3.32. The van der Waals surface area contributed by atoms with Gasteiger partial charge in [-0.15, -0.1) is 0 Å². The summed E-state index contributed by atoms with van der Waals surface area (Å²) in [6.45, 7) is 0. The minimum atomic E-state index is 0.463. The van der Waals surface area contributed by atoms with Crippen molar-refractivity contribution in [2.75, 3.05) is 0 Å². The van der Waals surface area contributed by atoms with Gasteiger partial charge in [0.2, 0.25) is 0 Å². The minimum Gasteiger partial charge on any atom is -0.299 e. The van der Waals surface area contributed by atoms with Crippen LogP contribution >= 0.6 is 0 Å². The van der Waals surface area contributed by atoms with E-state index < -0.39 is 0 Å². The zero-order chi connectivity index (χ0) is 6.97. The molecule has 2 atom stereocenters. The standard InChI is InChI=1S/C9H12O/c10-9-5-3-1-2-4-7-6-8(7)9/h1,3,7-8H,2,4-6H2/b3-1-/t7-,8+/m0/s1. The third kappa shape index (κ3) is 1.00. The maximum absolute atomic E-state index is 11.2. The highest BCUT2D eigenvalue weighted by molar-refractivity contribution is 5.85. The molecule has 54 valence electrons. The number of hydrogen-bond donors (Lipinski definition) is 0. The molecule has 2 aliphatic rings. The van der Waals surface area contributed by atoms with Crippen LogP contribution in [0.2, 0.25) is 0 Å². The van der Waals surface area contributed by atoms with E-state index in [-0.39, 0.29) is 0 Å². The molecule has 2 aliphatic carbocycles. The molecule has 0 heterocycles. The Morgan fingerprint density at radius 1 is 1.40 bits per heavy atom. The van der Waals surface area contributed by atoms with Gasteiger partial charge in [-0.3, -0.25) is 4.79 Å². The summed E-state index contributed by atoms with van der Waals surface area (Å²) in [7, 11) is 0. The van der Waals surface area contributed by atoms with Gasteiger partial charge in [-0.2, -0.15) is 0 Å². The highest BCUT2D eigenvalue weighted by Crippen LogP contribution is 2.44. The number of Topliss-reactive ketones (excluding diaryl/α,β-unsaturated/α-hetero) is 1. The molecule has 0 aromatic carbocycles. The van der Waals surface area contributed by atoms with Crippen molar-refractivity contribution in [3.05, 3.63) is 12.2 Å². The van der Waals surface area contributed by atoms with Crippen molar-refractivity contribution in [3.8, 4) is 0 Å². The summed E-state index contributed by atoms with van der Waals surface area (Å²) >= 11 is 0. The molecular weight excluding hydrogens is 124 g/mol. The number of allylic oxidation sites excluding steroid dienone is 2. The van der Waals surface area contributed by atoms with Gasteiger partial charge in [0.05, 0.1) is 0 Å². The first-order valence-corrected chi connectivity index (χ1v) is 4.05. The van der Waals surface area contributed by atoms with Crippen LogP contribution in [-0.2, 0) is 4.79 Å². The van der Waals surface area contributed by atoms with Gasteiger partial charge in [-0.05, 0) is 25.2 Å². The second-order valence-electron chi connectivity index (χ2n) is 3.32. The second kappa shape index (κ2) is 2.22. The predicted octanol–water partition coefficient (Wildman–Crippen LogP) is 1.93. The Balaban J connectivity index is 2.05. The molecule has 0 aromatic rings. The minimum absolute atomic E-state index is 0.463. The van der Waals surface area contributed by atoms with Crippen molar-refractivity contribution < 1.29 is 4.79 Å².